The van der Waals surface area contributed by atoms with Crippen LogP contribution in [0.3, 0.4) is 0 Å². The Hall–Kier alpha value is -1.32. The van der Waals surface area contributed by atoms with Crippen LogP contribution in [0.5, 0.6) is 0 Å². The van der Waals surface area contributed by atoms with Crippen molar-refractivity contribution in [2.75, 3.05) is 31.1 Å². The van der Waals surface area contributed by atoms with E-state index in [1.54, 1.807) is 11.3 Å². The van der Waals surface area contributed by atoms with Crippen molar-refractivity contribution in [3.05, 3.63) is 52.2 Å². The van der Waals surface area contributed by atoms with Gasteiger partial charge >= 0.3 is 0 Å². The van der Waals surface area contributed by atoms with E-state index < -0.39 is 0 Å². The van der Waals surface area contributed by atoms with Crippen LogP contribution in [0.1, 0.15) is 30.2 Å². The van der Waals surface area contributed by atoms with Crippen molar-refractivity contribution in [2.45, 2.75) is 32.9 Å². The molecule has 1 aromatic carbocycles. The lowest BCUT2D eigenvalue weighted by Crippen LogP contribution is -2.36. The molecule has 2 heterocycles. The molecule has 0 aliphatic carbocycles. The number of rotatable bonds is 7. The fourth-order valence-electron chi connectivity index (χ4n) is 3.28. The van der Waals surface area contributed by atoms with Gasteiger partial charge in [-0.2, -0.15) is 0 Å². The molecule has 0 radical (unpaired) electrons. The minimum Gasteiger partial charge on any atom is -0.396 e. The summed E-state index contributed by atoms with van der Waals surface area (Å²) in [5.74, 6) is 1.32. The monoisotopic (exact) mass is 514 g/mol. The third kappa shape index (κ3) is 6.93. The van der Waals surface area contributed by atoms with E-state index in [-0.39, 0.29) is 24.0 Å². The number of piperidine rings is 1. The van der Waals surface area contributed by atoms with Gasteiger partial charge in [-0.05, 0) is 54.8 Å². The summed E-state index contributed by atoms with van der Waals surface area (Å²) in [5, 5.41) is 18.1. The fourth-order valence-corrected chi connectivity index (χ4v) is 3.93. The number of nitrogens with zero attached hydrogens (tertiary/aromatic N) is 2. The van der Waals surface area contributed by atoms with Crippen LogP contribution in [-0.2, 0) is 13.1 Å². The Balaban J connectivity index is 0.00000280. The minimum absolute atomic E-state index is 0. The van der Waals surface area contributed by atoms with Gasteiger partial charge in [-0.1, -0.05) is 18.2 Å². The molecule has 2 aromatic rings. The maximum absolute atomic E-state index is 9.28. The van der Waals surface area contributed by atoms with E-state index in [4.69, 9.17) is 4.99 Å². The molecule has 0 amide bonds. The first-order valence-corrected chi connectivity index (χ1v) is 10.7. The summed E-state index contributed by atoms with van der Waals surface area (Å²) in [4.78, 5) is 8.41. The number of aliphatic hydroxyl groups excluding tert-OH is 1. The molecule has 154 valence electrons. The van der Waals surface area contributed by atoms with Crippen LogP contribution in [0.2, 0.25) is 0 Å². The normalized spacial score (nSPS) is 15.2. The highest BCUT2D eigenvalue weighted by molar-refractivity contribution is 14.0. The lowest BCUT2D eigenvalue weighted by atomic mass is 9.97. The molecule has 0 atom stereocenters. The summed E-state index contributed by atoms with van der Waals surface area (Å²) in [5.41, 5.74) is 2.47. The van der Waals surface area contributed by atoms with Crippen LogP contribution in [-0.4, -0.2) is 37.3 Å². The summed E-state index contributed by atoms with van der Waals surface area (Å²) in [6.45, 7) is 6.76. The molecule has 0 saturated carbocycles. The van der Waals surface area contributed by atoms with Gasteiger partial charge in [0.15, 0.2) is 5.96 Å². The van der Waals surface area contributed by atoms with Crippen LogP contribution in [0.15, 0.2) is 46.8 Å². The van der Waals surface area contributed by atoms with E-state index >= 15 is 0 Å². The SMILES string of the molecule is CCNC(=NCc1ccc(N2CCC(CO)CC2)cc1)NCc1cccs1.I. The summed E-state index contributed by atoms with van der Waals surface area (Å²) in [6.07, 6.45) is 2.15. The maximum Gasteiger partial charge on any atom is 0.191 e. The third-order valence-corrected chi connectivity index (χ3v) is 5.82. The number of aliphatic hydroxyl groups is 1. The number of benzene rings is 1. The predicted octanol–water partition coefficient (Wildman–Crippen LogP) is 3.83. The minimum atomic E-state index is 0. The lowest BCUT2D eigenvalue weighted by molar-refractivity contribution is 0.203. The summed E-state index contributed by atoms with van der Waals surface area (Å²) in [7, 11) is 0. The topological polar surface area (TPSA) is 59.9 Å². The number of hydrogen-bond donors (Lipinski definition) is 3. The zero-order valence-electron chi connectivity index (χ0n) is 16.4. The van der Waals surface area contributed by atoms with Crippen LogP contribution in [0, 0.1) is 5.92 Å². The molecule has 1 saturated heterocycles. The molecule has 3 rings (SSSR count). The first-order chi connectivity index (χ1) is 13.3. The lowest BCUT2D eigenvalue weighted by Gasteiger charge is -2.32. The molecule has 3 N–H and O–H groups in total. The largest absolute Gasteiger partial charge is 0.396 e. The average molecular weight is 514 g/mol. The molecule has 1 fully saturated rings. The molecule has 1 aliphatic heterocycles. The van der Waals surface area contributed by atoms with Crippen molar-refractivity contribution in [1.29, 1.82) is 0 Å². The number of halogens is 1. The Kier molecular flexibility index (Phi) is 10.1. The highest BCUT2D eigenvalue weighted by atomic mass is 127. The van der Waals surface area contributed by atoms with Gasteiger partial charge in [0, 0.05) is 36.8 Å². The maximum atomic E-state index is 9.28. The molecular weight excluding hydrogens is 483 g/mol. The Morgan fingerprint density at radius 1 is 1.18 bits per heavy atom. The third-order valence-electron chi connectivity index (χ3n) is 4.95. The number of hydrogen-bond acceptors (Lipinski definition) is 4. The van der Waals surface area contributed by atoms with Gasteiger partial charge in [0.25, 0.3) is 0 Å². The quantitative estimate of drug-likeness (QED) is 0.299. The molecule has 7 heteroatoms. The molecule has 5 nitrogen and oxygen atoms in total. The Morgan fingerprint density at radius 2 is 1.93 bits per heavy atom. The van der Waals surface area contributed by atoms with Crippen molar-refractivity contribution in [1.82, 2.24) is 10.6 Å². The van der Waals surface area contributed by atoms with Crippen LogP contribution < -0.4 is 15.5 Å². The van der Waals surface area contributed by atoms with Crippen molar-refractivity contribution in [3.8, 4) is 0 Å². The Bertz CT molecular complexity index is 698. The van der Waals surface area contributed by atoms with Gasteiger partial charge in [-0.15, -0.1) is 35.3 Å². The molecule has 0 bridgehead atoms. The summed E-state index contributed by atoms with van der Waals surface area (Å²) < 4.78 is 0. The van der Waals surface area contributed by atoms with Gasteiger partial charge < -0.3 is 20.6 Å². The van der Waals surface area contributed by atoms with Crippen molar-refractivity contribution < 1.29 is 5.11 Å². The van der Waals surface area contributed by atoms with Gasteiger partial charge in [0.2, 0.25) is 0 Å². The summed E-state index contributed by atoms with van der Waals surface area (Å²) >= 11 is 1.75. The van der Waals surface area contributed by atoms with Crippen LogP contribution >= 0.6 is 35.3 Å². The molecule has 0 spiro atoms. The zero-order chi connectivity index (χ0) is 18.9. The van der Waals surface area contributed by atoms with Gasteiger partial charge in [-0.25, -0.2) is 4.99 Å². The van der Waals surface area contributed by atoms with E-state index in [1.807, 2.05) is 0 Å². The first kappa shape index (κ1) is 23.0. The molecule has 1 aliphatic rings. The smallest absolute Gasteiger partial charge is 0.191 e. The number of guanidine groups is 1. The second-order valence-corrected chi connectivity index (χ2v) is 7.94. The molecule has 28 heavy (non-hydrogen) atoms. The number of anilines is 1. The van der Waals surface area contributed by atoms with E-state index in [1.165, 1.54) is 16.1 Å². The van der Waals surface area contributed by atoms with E-state index in [0.29, 0.717) is 19.1 Å². The number of nitrogens with one attached hydrogen (secondary N) is 2. The van der Waals surface area contributed by atoms with Gasteiger partial charge in [0.1, 0.15) is 0 Å². The molecular formula is C21H31IN4OS. The first-order valence-electron chi connectivity index (χ1n) is 9.77. The van der Waals surface area contributed by atoms with Crippen molar-refractivity contribution in [2.24, 2.45) is 10.9 Å². The predicted molar refractivity (Wildman–Crippen MR) is 130 cm³/mol. The zero-order valence-corrected chi connectivity index (χ0v) is 19.6. The number of thiophene rings is 1. The molecule has 0 unspecified atom stereocenters. The van der Waals surface area contributed by atoms with Crippen molar-refractivity contribution >= 4 is 47.0 Å². The highest BCUT2D eigenvalue weighted by Crippen LogP contribution is 2.23. The number of aliphatic imine (C=N–C) groups is 1. The highest BCUT2D eigenvalue weighted by Gasteiger charge is 2.18. The Labute approximate surface area is 189 Å². The van der Waals surface area contributed by atoms with Crippen LogP contribution in [0.25, 0.3) is 0 Å². The Morgan fingerprint density at radius 3 is 2.54 bits per heavy atom. The van der Waals surface area contributed by atoms with Gasteiger partial charge in [-0.3, -0.25) is 0 Å². The average Bonchev–Trinajstić information content (AvgIpc) is 3.24. The second kappa shape index (κ2) is 12.3. The fraction of sp³-hybridized carbons (Fsp3) is 0.476. The van der Waals surface area contributed by atoms with E-state index in [9.17, 15) is 5.11 Å². The van der Waals surface area contributed by atoms with Crippen molar-refractivity contribution in [3.63, 3.8) is 0 Å². The van der Waals surface area contributed by atoms with E-state index in [2.05, 4.69) is 64.2 Å². The summed E-state index contributed by atoms with van der Waals surface area (Å²) in [6, 6.07) is 12.9. The standard InChI is InChI=1S/C21H30N4OS.HI/c1-2-22-21(24-15-20-4-3-13-27-20)23-14-17-5-7-19(8-6-17)25-11-9-18(16-26)10-12-25;/h3-8,13,18,26H,2,9-12,14-16H2,1H3,(H2,22,23,24);1H. The van der Waals surface area contributed by atoms with Crippen LogP contribution in [0.4, 0.5) is 5.69 Å². The molecule has 1 aromatic heterocycles. The van der Waals surface area contributed by atoms with Gasteiger partial charge in [0.05, 0.1) is 13.1 Å². The van der Waals surface area contributed by atoms with E-state index in [0.717, 1.165) is 45.0 Å². The second-order valence-electron chi connectivity index (χ2n) is 6.91.